The number of nitrogens with one attached hydrogen (secondary N) is 1. The highest BCUT2D eigenvalue weighted by Gasteiger charge is 2.39. The Balaban J connectivity index is 2.62. The summed E-state index contributed by atoms with van der Waals surface area (Å²) in [6.45, 7) is 3.89. The third kappa shape index (κ3) is 5.12. The molecule has 0 radical (unpaired) electrons. The van der Waals surface area contributed by atoms with Crippen LogP contribution in [0.25, 0.3) is 0 Å². The van der Waals surface area contributed by atoms with Crippen LogP contribution >= 0.6 is 0 Å². The van der Waals surface area contributed by atoms with Gasteiger partial charge in [-0.2, -0.15) is 13.2 Å². The van der Waals surface area contributed by atoms with Crippen molar-refractivity contribution in [1.82, 2.24) is 10.2 Å². The van der Waals surface area contributed by atoms with E-state index in [0.29, 0.717) is 32.8 Å². The molecule has 1 rings (SSSR count). The molecule has 0 aliphatic carbocycles. The van der Waals surface area contributed by atoms with E-state index in [9.17, 15) is 13.2 Å². The molecular formula is C12H23F3N2O. The molecule has 1 aliphatic rings. The van der Waals surface area contributed by atoms with Crippen LogP contribution in [-0.4, -0.2) is 57.5 Å². The molecule has 1 N–H and O–H groups in total. The van der Waals surface area contributed by atoms with Crippen LogP contribution < -0.4 is 5.32 Å². The maximum absolute atomic E-state index is 12.5. The minimum Gasteiger partial charge on any atom is -0.381 e. The van der Waals surface area contributed by atoms with E-state index in [-0.39, 0.29) is 5.41 Å². The maximum atomic E-state index is 12.5. The number of rotatable bonds is 7. The van der Waals surface area contributed by atoms with Crippen LogP contribution in [0.4, 0.5) is 13.2 Å². The van der Waals surface area contributed by atoms with Gasteiger partial charge in [-0.15, -0.1) is 0 Å². The molecule has 0 saturated carbocycles. The summed E-state index contributed by atoms with van der Waals surface area (Å²) in [6, 6.07) is 0. The highest BCUT2D eigenvalue weighted by atomic mass is 19.4. The van der Waals surface area contributed by atoms with Crippen molar-refractivity contribution in [2.45, 2.75) is 25.9 Å². The maximum Gasteiger partial charge on any atom is 0.401 e. The Labute approximate surface area is 107 Å². The van der Waals surface area contributed by atoms with Crippen LogP contribution in [0.2, 0.25) is 0 Å². The molecular weight excluding hydrogens is 245 g/mol. The van der Waals surface area contributed by atoms with E-state index >= 15 is 0 Å². The molecule has 0 aromatic rings. The predicted octanol–water partition coefficient (Wildman–Crippen LogP) is 1.89. The number of hydrogen-bond acceptors (Lipinski definition) is 3. The fraction of sp³-hybridized carbons (Fsp3) is 1.00. The molecule has 0 amide bonds. The van der Waals surface area contributed by atoms with Crippen molar-refractivity contribution in [1.29, 1.82) is 0 Å². The van der Waals surface area contributed by atoms with E-state index in [2.05, 4.69) is 5.32 Å². The summed E-state index contributed by atoms with van der Waals surface area (Å²) in [5.74, 6) is 0. The molecule has 0 aromatic heterocycles. The van der Waals surface area contributed by atoms with E-state index in [1.165, 1.54) is 4.90 Å². The van der Waals surface area contributed by atoms with Crippen LogP contribution in [0.1, 0.15) is 19.8 Å². The Hall–Kier alpha value is -0.330. The average Bonchev–Trinajstić information content (AvgIpc) is 2.64. The van der Waals surface area contributed by atoms with Gasteiger partial charge in [-0.1, -0.05) is 6.92 Å². The highest BCUT2D eigenvalue weighted by molar-refractivity contribution is 4.88. The fourth-order valence-electron chi connectivity index (χ4n) is 2.60. The zero-order chi connectivity index (χ0) is 13.6. The topological polar surface area (TPSA) is 24.5 Å². The summed E-state index contributed by atoms with van der Waals surface area (Å²) in [5.41, 5.74) is -0.171. The minimum atomic E-state index is -4.13. The predicted molar refractivity (Wildman–Crippen MR) is 64.6 cm³/mol. The summed E-state index contributed by atoms with van der Waals surface area (Å²) >= 11 is 0. The summed E-state index contributed by atoms with van der Waals surface area (Å²) < 4.78 is 42.9. The van der Waals surface area contributed by atoms with Crippen molar-refractivity contribution in [3.05, 3.63) is 0 Å². The van der Waals surface area contributed by atoms with Crippen molar-refractivity contribution >= 4 is 0 Å². The summed E-state index contributed by atoms with van der Waals surface area (Å²) in [5, 5.41) is 3.07. The monoisotopic (exact) mass is 268 g/mol. The van der Waals surface area contributed by atoms with Crippen molar-refractivity contribution < 1.29 is 17.9 Å². The fourth-order valence-corrected chi connectivity index (χ4v) is 2.60. The van der Waals surface area contributed by atoms with Gasteiger partial charge in [-0.3, -0.25) is 4.90 Å². The number of hydrogen-bond donors (Lipinski definition) is 1. The highest BCUT2D eigenvalue weighted by Crippen LogP contribution is 2.30. The van der Waals surface area contributed by atoms with Crippen LogP contribution in [0.3, 0.4) is 0 Å². The number of nitrogens with zero attached hydrogens (tertiary/aromatic N) is 1. The SMILES string of the molecule is CCCN(CC(F)(F)F)CC1(CNC)CCOC1. The first-order valence-electron chi connectivity index (χ1n) is 6.42. The Morgan fingerprint density at radius 2 is 2.11 bits per heavy atom. The summed E-state index contributed by atoms with van der Waals surface area (Å²) in [6.07, 6.45) is -2.58. The van der Waals surface area contributed by atoms with Gasteiger partial charge in [0, 0.05) is 25.1 Å². The average molecular weight is 268 g/mol. The second-order valence-electron chi connectivity index (χ2n) is 5.16. The van der Waals surface area contributed by atoms with Gasteiger partial charge in [-0.05, 0) is 26.4 Å². The zero-order valence-electron chi connectivity index (χ0n) is 11.1. The molecule has 1 saturated heterocycles. The molecule has 3 nitrogen and oxygen atoms in total. The third-order valence-corrected chi connectivity index (χ3v) is 3.24. The molecule has 6 heteroatoms. The van der Waals surface area contributed by atoms with E-state index in [0.717, 1.165) is 12.8 Å². The van der Waals surface area contributed by atoms with Crippen molar-refractivity contribution in [3.63, 3.8) is 0 Å². The van der Waals surface area contributed by atoms with Gasteiger partial charge < -0.3 is 10.1 Å². The molecule has 1 atom stereocenters. The van der Waals surface area contributed by atoms with Gasteiger partial charge >= 0.3 is 6.18 Å². The molecule has 108 valence electrons. The van der Waals surface area contributed by atoms with Crippen molar-refractivity contribution in [2.75, 3.05) is 46.4 Å². The van der Waals surface area contributed by atoms with Crippen LogP contribution in [0.5, 0.6) is 0 Å². The molecule has 1 unspecified atom stereocenters. The molecule has 18 heavy (non-hydrogen) atoms. The van der Waals surface area contributed by atoms with Crippen LogP contribution in [0.15, 0.2) is 0 Å². The zero-order valence-corrected chi connectivity index (χ0v) is 11.1. The van der Waals surface area contributed by atoms with E-state index < -0.39 is 12.7 Å². The molecule has 1 fully saturated rings. The first kappa shape index (κ1) is 15.7. The Kier molecular flexibility index (Phi) is 5.88. The first-order chi connectivity index (χ1) is 8.41. The lowest BCUT2D eigenvalue weighted by Gasteiger charge is -2.34. The van der Waals surface area contributed by atoms with E-state index in [1.807, 2.05) is 14.0 Å². The largest absolute Gasteiger partial charge is 0.401 e. The van der Waals surface area contributed by atoms with Crippen molar-refractivity contribution in [3.8, 4) is 0 Å². The summed E-state index contributed by atoms with van der Waals surface area (Å²) in [4.78, 5) is 1.51. The van der Waals surface area contributed by atoms with Gasteiger partial charge in [0.1, 0.15) is 0 Å². The molecule has 1 aliphatic heterocycles. The molecule has 0 aromatic carbocycles. The van der Waals surface area contributed by atoms with Gasteiger partial charge in [-0.25, -0.2) is 0 Å². The molecule has 1 heterocycles. The van der Waals surface area contributed by atoms with E-state index in [4.69, 9.17) is 4.74 Å². The molecule has 0 spiro atoms. The lowest BCUT2D eigenvalue weighted by molar-refractivity contribution is -0.149. The second-order valence-corrected chi connectivity index (χ2v) is 5.16. The number of alkyl halides is 3. The summed E-state index contributed by atoms with van der Waals surface area (Å²) in [7, 11) is 1.83. The first-order valence-corrected chi connectivity index (χ1v) is 6.42. The Morgan fingerprint density at radius 3 is 2.56 bits per heavy atom. The van der Waals surface area contributed by atoms with Gasteiger partial charge in [0.05, 0.1) is 13.2 Å². The number of ether oxygens (including phenoxy) is 1. The number of halogens is 3. The van der Waals surface area contributed by atoms with Gasteiger partial charge in [0.25, 0.3) is 0 Å². The quantitative estimate of drug-likeness (QED) is 0.763. The minimum absolute atomic E-state index is 0.171. The third-order valence-electron chi connectivity index (χ3n) is 3.24. The Bertz CT molecular complexity index is 240. The Morgan fingerprint density at radius 1 is 1.39 bits per heavy atom. The lowest BCUT2D eigenvalue weighted by Crippen LogP contribution is -2.47. The van der Waals surface area contributed by atoms with Crippen LogP contribution in [0, 0.1) is 5.41 Å². The van der Waals surface area contributed by atoms with Crippen molar-refractivity contribution in [2.24, 2.45) is 5.41 Å². The normalized spacial score (nSPS) is 25.0. The molecule has 0 bridgehead atoms. The van der Waals surface area contributed by atoms with Gasteiger partial charge in [0.2, 0.25) is 0 Å². The second kappa shape index (κ2) is 6.73. The smallest absolute Gasteiger partial charge is 0.381 e. The van der Waals surface area contributed by atoms with Gasteiger partial charge in [0.15, 0.2) is 0 Å². The standard InChI is InChI=1S/C12H23F3N2O/c1-3-5-17(9-12(13,14)15)8-11(7-16-2)4-6-18-10-11/h16H,3-10H2,1-2H3. The van der Waals surface area contributed by atoms with Crippen LogP contribution in [-0.2, 0) is 4.74 Å². The lowest BCUT2D eigenvalue weighted by atomic mass is 9.86. The van der Waals surface area contributed by atoms with E-state index in [1.54, 1.807) is 0 Å².